The second-order valence-corrected chi connectivity index (χ2v) is 16.3. The van der Waals surface area contributed by atoms with Crippen LogP contribution in [0.2, 0.25) is 0 Å². The normalized spacial score (nSPS) is 13.1. The average Bonchev–Trinajstić information content (AvgIpc) is 3.70. The molecule has 1 aliphatic carbocycles. The van der Waals surface area contributed by atoms with Gasteiger partial charge < -0.3 is 9.47 Å². The molecule has 0 saturated heterocycles. The van der Waals surface area contributed by atoms with Crippen LogP contribution in [0.3, 0.4) is 0 Å². The summed E-state index contributed by atoms with van der Waals surface area (Å²) in [5.41, 5.74) is 17.4. The van der Waals surface area contributed by atoms with Crippen LogP contribution in [0.4, 0.5) is 17.1 Å². The summed E-state index contributed by atoms with van der Waals surface area (Å²) in [7, 11) is 0. The van der Waals surface area contributed by atoms with Gasteiger partial charge in [-0.15, -0.1) is 0 Å². The molecule has 0 atom stereocenters. The molecular formula is C55H42N2. The van der Waals surface area contributed by atoms with Gasteiger partial charge in [0, 0.05) is 33.2 Å². The lowest BCUT2D eigenvalue weighted by molar-refractivity contribution is 0.660. The summed E-state index contributed by atoms with van der Waals surface area (Å²) in [4.78, 5) is 2.49. The third kappa shape index (κ3) is 5.03. The second-order valence-electron chi connectivity index (χ2n) is 16.3. The SMILES string of the molecule is Cc1cc(-c2cc3ccccc3c3ccccc23)cc(C)c1N(c1ccc(-n2c3ccccc3c3ccccc32)cc1)c1ccc2c(c1)C(C)(C)c1ccccc1-2. The van der Waals surface area contributed by atoms with E-state index in [0.29, 0.717) is 0 Å². The first-order valence-corrected chi connectivity index (χ1v) is 20.0. The molecule has 11 rings (SSSR count). The van der Waals surface area contributed by atoms with Crippen LogP contribution in [0, 0.1) is 13.8 Å². The molecule has 1 aromatic heterocycles. The predicted octanol–water partition coefficient (Wildman–Crippen LogP) is 15.2. The van der Waals surface area contributed by atoms with Gasteiger partial charge in [0.1, 0.15) is 0 Å². The number of para-hydroxylation sites is 2. The third-order valence-corrected chi connectivity index (χ3v) is 12.6. The van der Waals surface area contributed by atoms with E-state index in [9.17, 15) is 0 Å². The van der Waals surface area contributed by atoms with Crippen molar-refractivity contribution < 1.29 is 0 Å². The summed E-state index contributed by atoms with van der Waals surface area (Å²) in [5, 5.41) is 7.66. The van der Waals surface area contributed by atoms with Crippen LogP contribution in [0.1, 0.15) is 36.1 Å². The Labute approximate surface area is 333 Å². The number of aryl methyl sites for hydroxylation is 2. The average molecular weight is 731 g/mol. The highest BCUT2D eigenvalue weighted by Gasteiger charge is 2.36. The van der Waals surface area contributed by atoms with E-state index in [-0.39, 0.29) is 5.41 Å². The maximum absolute atomic E-state index is 2.49. The van der Waals surface area contributed by atoms with Crippen LogP contribution in [-0.2, 0) is 5.41 Å². The van der Waals surface area contributed by atoms with E-state index in [1.807, 2.05) is 0 Å². The van der Waals surface area contributed by atoms with Crippen LogP contribution in [0.5, 0.6) is 0 Å². The Kier molecular flexibility index (Phi) is 7.37. The quantitative estimate of drug-likeness (QED) is 0.160. The Morgan fingerprint density at radius 2 is 0.965 bits per heavy atom. The van der Waals surface area contributed by atoms with Crippen LogP contribution < -0.4 is 4.90 Å². The van der Waals surface area contributed by atoms with Gasteiger partial charge in [0.25, 0.3) is 0 Å². The molecule has 0 aliphatic heterocycles. The fourth-order valence-corrected chi connectivity index (χ4v) is 9.95. The lowest BCUT2D eigenvalue weighted by Gasteiger charge is -2.31. The summed E-state index contributed by atoms with van der Waals surface area (Å²) < 4.78 is 2.40. The smallest absolute Gasteiger partial charge is 0.0541 e. The van der Waals surface area contributed by atoms with Gasteiger partial charge in [-0.25, -0.2) is 0 Å². The Hall–Kier alpha value is -6.90. The minimum atomic E-state index is -0.112. The number of hydrogen-bond acceptors (Lipinski definition) is 1. The largest absolute Gasteiger partial charge is 0.310 e. The van der Waals surface area contributed by atoms with E-state index in [1.54, 1.807) is 0 Å². The van der Waals surface area contributed by atoms with Crippen molar-refractivity contribution in [2.45, 2.75) is 33.1 Å². The second kappa shape index (κ2) is 12.6. The summed E-state index contributed by atoms with van der Waals surface area (Å²) in [5.74, 6) is 0. The molecule has 0 spiro atoms. The Balaban J connectivity index is 1.10. The zero-order chi connectivity index (χ0) is 38.4. The molecule has 0 amide bonds. The molecule has 2 heteroatoms. The number of rotatable bonds is 5. The molecule has 0 saturated carbocycles. The van der Waals surface area contributed by atoms with Gasteiger partial charge in [0.15, 0.2) is 0 Å². The van der Waals surface area contributed by atoms with E-state index in [1.165, 1.54) is 93.5 Å². The van der Waals surface area contributed by atoms with Crippen LogP contribution >= 0.6 is 0 Å². The number of hydrogen-bond donors (Lipinski definition) is 0. The first-order chi connectivity index (χ1) is 27.9. The predicted molar refractivity (Wildman–Crippen MR) is 243 cm³/mol. The molecule has 272 valence electrons. The van der Waals surface area contributed by atoms with Crippen molar-refractivity contribution in [3.63, 3.8) is 0 Å². The van der Waals surface area contributed by atoms with E-state index in [4.69, 9.17) is 0 Å². The van der Waals surface area contributed by atoms with Gasteiger partial charge >= 0.3 is 0 Å². The zero-order valence-electron chi connectivity index (χ0n) is 32.7. The molecule has 57 heavy (non-hydrogen) atoms. The lowest BCUT2D eigenvalue weighted by atomic mass is 9.82. The summed E-state index contributed by atoms with van der Waals surface area (Å²) >= 11 is 0. The molecule has 1 aliphatic rings. The highest BCUT2D eigenvalue weighted by molar-refractivity contribution is 6.14. The molecular weight excluding hydrogens is 689 g/mol. The van der Waals surface area contributed by atoms with Crippen molar-refractivity contribution in [1.29, 1.82) is 0 Å². The molecule has 0 unspecified atom stereocenters. The minimum Gasteiger partial charge on any atom is -0.310 e. The lowest BCUT2D eigenvalue weighted by Crippen LogP contribution is -2.17. The van der Waals surface area contributed by atoms with Crippen LogP contribution in [-0.4, -0.2) is 4.57 Å². The number of fused-ring (bicyclic) bond motifs is 9. The number of nitrogens with zero attached hydrogens (tertiary/aromatic N) is 2. The van der Waals surface area contributed by atoms with E-state index in [2.05, 4.69) is 219 Å². The first-order valence-electron chi connectivity index (χ1n) is 20.0. The standard InChI is InChI=1S/C55H42N2/c1-35-31-38(49-33-37-15-5-6-16-42(37)43-17-7-8-18-44(43)49)32-36(2)54(35)56(41-29-30-46-45-19-9-12-22-50(45)55(3,4)51(46)34-41)39-25-27-40(28-26-39)57-52-23-13-10-20-47(52)48-21-11-14-24-53(48)57/h5-34H,1-4H3. The Morgan fingerprint density at radius 3 is 1.67 bits per heavy atom. The van der Waals surface area contributed by atoms with Crippen LogP contribution in [0.25, 0.3) is 71.3 Å². The van der Waals surface area contributed by atoms with Crippen molar-refractivity contribution in [2.24, 2.45) is 0 Å². The van der Waals surface area contributed by atoms with E-state index >= 15 is 0 Å². The highest BCUT2D eigenvalue weighted by Crippen LogP contribution is 2.51. The Bertz CT molecular complexity index is 3160. The van der Waals surface area contributed by atoms with Gasteiger partial charge in [-0.3, -0.25) is 0 Å². The third-order valence-electron chi connectivity index (χ3n) is 12.6. The number of anilines is 3. The summed E-state index contributed by atoms with van der Waals surface area (Å²) in [6.45, 7) is 9.29. The fraction of sp³-hybridized carbons (Fsp3) is 0.0909. The summed E-state index contributed by atoms with van der Waals surface area (Å²) in [6, 6.07) is 67.4. The Morgan fingerprint density at radius 1 is 0.421 bits per heavy atom. The van der Waals surface area contributed by atoms with Gasteiger partial charge in [-0.2, -0.15) is 0 Å². The molecule has 1 heterocycles. The van der Waals surface area contributed by atoms with Crippen molar-refractivity contribution in [3.8, 4) is 27.9 Å². The van der Waals surface area contributed by atoms with Gasteiger partial charge in [0.05, 0.1) is 16.7 Å². The monoisotopic (exact) mass is 730 g/mol. The first kappa shape index (κ1) is 33.4. The molecule has 0 bridgehead atoms. The molecule has 0 fully saturated rings. The van der Waals surface area contributed by atoms with Crippen molar-refractivity contribution in [3.05, 3.63) is 204 Å². The van der Waals surface area contributed by atoms with Crippen molar-refractivity contribution in [2.75, 3.05) is 4.90 Å². The summed E-state index contributed by atoms with van der Waals surface area (Å²) in [6.07, 6.45) is 0. The van der Waals surface area contributed by atoms with Gasteiger partial charge in [0.2, 0.25) is 0 Å². The van der Waals surface area contributed by atoms with E-state index in [0.717, 1.165) is 17.1 Å². The molecule has 10 aromatic rings. The topological polar surface area (TPSA) is 8.17 Å². The van der Waals surface area contributed by atoms with Gasteiger partial charge in [-0.1, -0.05) is 129 Å². The maximum atomic E-state index is 2.49. The maximum Gasteiger partial charge on any atom is 0.0541 e. The minimum absolute atomic E-state index is 0.112. The number of benzene rings is 9. The molecule has 2 nitrogen and oxygen atoms in total. The van der Waals surface area contributed by atoms with Crippen molar-refractivity contribution >= 4 is 60.4 Å². The van der Waals surface area contributed by atoms with E-state index < -0.39 is 0 Å². The van der Waals surface area contributed by atoms with Crippen molar-refractivity contribution in [1.82, 2.24) is 4.57 Å². The van der Waals surface area contributed by atoms with Gasteiger partial charge in [-0.05, 0) is 147 Å². The fourth-order valence-electron chi connectivity index (χ4n) is 9.95. The molecule has 0 radical (unpaired) electrons. The molecule has 0 N–H and O–H groups in total. The molecule has 9 aromatic carbocycles. The number of aromatic nitrogens is 1. The highest BCUT2D eigenvalue weighted by atomic mass is 15.1. The zero-order valence-corrected chi connectivity index (χ0v) is 32.7. The van der Waals surface area contributed by atoms with Crippen LogP contribution in [0.15, 0.2) is 182 Å².